The van der Waals surface area contributed by atoms with Gasteiger partial charge in [0.2, 0.25) is 0 Å². The molecule has 2 aromatic rings. The van der Waals surface area contributed by atoms with Crippen molar-refractivity contribution >= 4 is 17.5 Å². The van der Waals surface area contributed by atoms with Gasteiger partial charge in [-0.15, -0.1) is 0 Å². The van der Waals surface area contributed by atoms with E-state index in [-0.39, 0.29) is 11.9 Å². The fourth-order valence-corrected chi connectivity index (χ4v) is 3.17. The molecule has 1 aliphatic rings. The summed E-state index contributed by atoms with van der Waals surface area (Å²) in [6.07, 6.45) is 3.87. The maximum absolute atomic E-state index is 12.2. The number of rotatable bonds is 4. The number of nitrogens with zero attached hydrogens (tertiary/aromatic N) is 2. The van der Waals surface area contributed by atoms with E-state index in [9.17, 15) is 4.79 Å². The maximum atomic E-state index is 12.2. The number of hydrogen-bond donors (Lipinski definition) is 1. The lowest BCUT2D eigenvalue weighted by atomic mass is 10.0. The van der Waals surface area contributed by atoms with Crippen LogP contribution < -0.4 is 5.32 Å². The molecule has 23 heavy (non-hydrogen) atoms. The van der Waals surface area contributed by atoms with Gasteiger partial charge in [0.1, 0.15) is 5.69 Å². The lowest BCUT2D eigenvalue weighted by Crippen LogP contribution is -2.44. The third-order valence-electron chi connectivity index (χ3n) is 4.42. The fraction of sp³-hybridized carbons (Fsp3) is 0.389. The molecule has 1 saturated heterocycles. The summed E-state index contributed by atoms with van der Waals surface area (Å²) in [4.78, 5) is 14.7. The number of halogens is 1. The zero-order valence-corrected chi connectivity index (χ0v) is 14.1. The molecule has 1 aromatic heterocycles. The van der Waals surface area contributed by atoms with E-state index in [4.69, 9.17) is 11.6 Å². The molecule has 0 saturated carbocycles. The number of carbonyl (C=O) groups excluding carboxylic acids is 1. The quantitative estimate of drug-likeness (QED) is 0.935. The van der Waals surface area contributed by atoms with Crippen LogP contribution in [0.15, 0.2) is 42.6 Å². The van der Waals surface area contributed by atoms with E-state index < -0.39 is 0 Å². The summed E-state index contributed by atoms with van der Waals surface area (Å²) in [6, 6.07) is 12.0. The summed E-state index contributed by atoms with van der Waals surface area (Å²) >= 11 is 5.92. The molecule has 0 radical (unpaired) electrons. The van der Waals surface area contributed by atoms with Crippen LogP contribution in [0.25, 0.3) is 0 Å². The first kappa shape index (κ1) is 16.1. The van der Waals surface area contributed by atoms with Gasteiger partial charge in [-0.2, -0.15) is 0 Å². The summed E-state index contributed by atoms with van der Waals surface area (Å²) < 4.78 is 1.85. The van der Waals surface area contributed by atoms with Crippen LogP contribution in [0, 0.1) is 0 Å². The Morgan fingerprint density at radius 1 is 1.22 bits per heavy atom. The number of carbonyl (C=O) groups is 1. The zero-order valence-electron chi connectivity index (χ0n) is 13.3. The molecule has 5 heteroatoms. The zero-order chi connectivity index (χ0) is 16.2. The highest BCUT2D eigenvalue weighted by Crippen LogP contribution is 2.16. The molecule has 0 unspecified atom stereocenters. The molecule has 2 heterocycles. The summed E-state index contributed by atoms with van der Waals surface area (Å²) in [7, 11) is 1.89. The van der Waals surface area contributed by atoms with Crippen molar-refractivity contribution in [3.8, 4) is 0 Å². The normalized spacial score (nSPS) is 16.4. The second kappa shape index (κ2) is 7.20. The first-order valence-electron chi connectivity index (χ1n) is 8.01. The van der Waals surface area contributed by atoms with Gasteiger partial charge in [-0.25, -0.2) is 0 Å². The highest BCUT2D eigenvalue weighted by Gasteiger charge is 2.21. The Labute approximate surface area is 142 Å². The van der Waals surface area contributed by atoms with E-state index in [1.165, 1.54) is 5.56 Å². The van der Waals surface area contributed by atoms with E-state index >= 15 is 0 Å². The average molecular weight is 332 g/mol. The smallest absolute Gasteiger partial charge is 0.268 e. The molecule has 3 rings (SSSR count). The molecule has 122 valence electrons. The van der Waals surface area contributed by atoms with E-state index in [0.29, 0.717) is 5.69 Å². The van der Waals surface area contributed by atoms with Crippen molar-refractivity contribution in [2.45, 2.75) is 25.4 Å². The van der Waals surface area contributed by atoms with Crippen LogP contribution in [0.2, 0.25) is 5.02 Å². The second-order valence-electron chi connectivity index (χ2n) is 6.15. The van der Waals surface area contributed by atoms with Crippen LogP contribution in [0.4, 0.5) is 0 Å². The van der Waals surface area contributed by atoms with Crippen LogP contribution >= 0.6 is 11.6 Å². The van der Waals surface area contributed by atoms with Gasteiger partial charge in [0, 0.05) is 43.9 Å². The Bertz CT molecular complexity index is 657. The van der Waals surface area contributed by atoms with Gasteiger partial charge in [-0.05, 0) is 42.7 Å². The van der Waals surface area contributed by atoms with Gasteiger partial charge in [0.05, 0.1) is 0 Å². The largest absolute Gasteiger partial charge is 0.348 e. The lowest BCUT2D eigenvalue weighted by Gasteiger charge is -2.32. The van der Waals surface area contributed by atoms with Gasteiger partial charge in [0.25, 0.3) is 5.91 Å². The van der Waals surface area contributed by atoms with Gasteiger partial charge in [-0.1, -0.05) is 23.7 Å². The highest BCUT2D eigenvalue weighted by molar-refractivity contribution is 6.30. The Kier molecular flexibility index (Phi) is 5.03. The number of aryl methyl sites for hydroxylation is 1. The van der Waals surface area contributed by atoms with Gasteiger partial charge < -0.3 is 9.88 Å². The summed E-state index contributed by atoms with van der Waals surface area (Å²) in [5.41, 5.74) is 1.99. The number of amides is 1. The highest BCUT2D eigenvalue weighted by atomic mass is 35.5. The van der Waals surface area contributed by atoms with Gasteiger partial charge in [0.15, 0.2) is 0 Å². The molecule has 4 nitrogen and oxygen atoms in total. The minimum Gasteiger partial charge on any atom is -0.348 e. The minimum absolute atomic E-state index is 0.0219. The Hall–Kier alpha value is -1.78. The van der Waals surface area contributed by atoms with E-state index in [2.05, 4.69) is 22.3 Å². The van der Waals surface area contributed by atoms with E-state index in [1.54, 1.807) is 0 Å². The molecule has 0 bridgehead atoms. The average Bonchev–Trinajstić information content (AvgIpc) is 2.98. The topological polar surface area (TPSA) is 37.3 Å². The van der Waals surface area contributed by atoms with E-state index in [0.717, 1.165) is 37.5 Å². The molecule has 1 N–H and O–H groups in total. The van der Waals surface area contributed by atoms with E-state index in [1.807, 2.05) is 42.1 Å². The van der Waals surface area contributed by atoms with Crippen molar-refractivity contribution < 1.29 is 4.79 Å². The number of benzene rings is 1. The third kappa shape index (κ3) is 4.15. The Morgan fingerprint density at radius 2 is 1.91 bits per heavy atom. The van der Waals surface area contributed by atoms with Crippen LogP contribution in [-0.2, 0) is 13.6 Å². The number of hydrogen-bond acceptors (Lipinski definition) is 2. The molecule has 0 spiro atoms. The fourth-order valence-electron chi connectivity index (χ4n) is 3.04. The monoisotopic (exact) mass is 331 g/mol. The number of piperidine rings is 1. The lowest BCUT2D eigenvalue weighted by molar-refractivity contribution is 0.0901. The molecular weight excluding hydrogens is 310 g/mol. The van der Waals surface area contributed by atoms with Crippen molar-refractivity contribution in [3.63, 3.8) is 0 Å². The number of nitrogens with one attached hydrogen (secondary N) is 1. The summed E-state index contributed by atoms with van der Waals surface area (Å²) in [5.74, 6) is 0.0219. The van der Waals surface area contributed by atoms with Gasteiger partial charge >= 0.3 is 0 Å². The van der Waals surface area contributed by atoms with Crippen LogP contribution in [-0.4, -0.2) is 34.5 Å². The molecular formula is C18H22ClN3O. The molecule has 1 fully saturated rings. The van der Waals surface area contributed by atoms with Crippen molar-refractivity contribution in [2.24, 2.45) is 7.05 Å². The predicted octanol–water partition coefficient (Wildman–Crippen LogP) is 3.07. The van der Waals surface area contributed by atoms with Crippen molar-refractivity contribution in [2.75, 3.05) is 13.1 Å². The molecule has 1 aromatic carbocycles. The number of aromatic nitrogens is 1. The summed E-state index contributed by atoms with van der Waals surface area (Å²) in [5, 5.41) is 3.92. The SMILES string of the molecule is Cn1cccc1C(=O)NC1CCN(Cc2ccc(Cl)cc2)CC1. The van der Waals surface area contributed by atoms with Gasteiger partial charge in [-0.3, -0.25) is 9.69 Å². The molecule has 0 aliphatic carbocycles. The minimum atomic E-state index is 0.0219. The molecule has 1 aliphatic heterocycles. The molecule has 1 amide bonds. The standard InChI is InChI=1S/C18H22ClN3O/c1-21-10-2-3-17(21)18(23)20-16-8-11-22(12-9-16)13-14-4-6-15(19)7-5-14/h2-7,10,16H,8-9,11-13H2,1H3,(H,20,23). The van der Waals surface area contributed by atoms with Crippen LogP contribution in [0.5, 0.6) is 0 Å². The third-order valence-corrected chi connectivity index (χ3v) is 4.67. The van der Waals surface area contributed by atoms with Crippen molar-refractivity contribution in [1.29, 1.82) is 0 Å². The number of likely N-dealkylation sites (tertiary alicyclic amines) is 1. The van der Waals surface area contributed by atoms with Crippen molar-refractivity contribution in [1.82, 2.24) is 14.8 Å². The second-order valence-corrected chi connectivity index (χ2v) is 6.59. The van der Waals surface area contributed by atoms with Crippen LogP contribution in [0.3, 0.4) is 0 Å². The first-order valence-corrected chi connectivity index (χ1v) is 8.38. The Morgan fingerprint density at radius 3 is 2.52 bits per heavy atom. The maximum Gasteiger partial charge on any atom is 0.268 e. The van der Waals surface area contributed by atoms with Crippen LogP contribution in [0.1, 0.15) is 28.9 Å². The molecule has 0 atom stereocenters. The predicted molar refractivity (Wildman–Crippen MR) is 92.6 cm³/mol. The first-order chi connectivity index (χ1) is 11.1. The summed E-state index contributed by atoms with van der Waals surface area (Å²) in [6.45, 7) is 2.94. The van der Waals surface area contributed by atoms with Crippen molar-refractivity contribution in [3.05, 3.63) is 58.9 Å². The Balaban J connectivity index is 1.48.